The fourth-order valence-corrected chi connectivity index (χ4v) is 3.70. The number of hydrogen-bond donors (Lipinski definition) is 1. The van der Waals surface area contributed by atoms with Crippen molar-refractivity contribution in [2.75, 3.05) is 6.61 Å². The highest BCUT2D eigenvalue weighted by Crippen LogP contribution is 2.26. The molecule has 0 fully saturated rings. The van der Waals surface area contributed by atoms with Gasteiger partial charge in [-0.3, -0.25) is 14.2 Å². The molecule has 4 aromatic rings. The van der Waals surface area contributed by atoms with Crippen LogP contribution in [0.3, 0.4) is 0 Å². The minimum atomic E-state index is -1.03. The Labute approximate surface area is 197 Å². The van der Waals surface area contributed by atoms with Crippen LogP contribution in [0.4, 0.5) is 8.78 Å². The maximum absolute atomic E-state index is 14.6. The Morgan fingerprint density at radius 1 is 1.06 bits per heavy atom. The van der Waals surface area contributed by atoms with Crippen molar-refractivity contribution in [1.82, 2.24) is 19.1 Å². The average Bonchev–Trinajstić information content (AvgIpc) is 3.06. The van der Waals surface area contributed by atoms with Crippen LogP contribution >= 0.6 is 0 Å². The minimum absolute atomic E-state index is 0.0786. The van der Waals surface area contributed by atoms with E-state index in [1.807, 2.05) is 13.8 Å². The smallest absolute Gasteiger partial charge is 0.335 e. The van der Waals surface area contributed by atoms with Crippen LogP contribution in [0, 0.1) is 25.5 Å². The number of primary amides is 1. The molecule has 0 saturated heterocycles. The molecule has 0 spiro atoms. The molecule has 1 amide bonds. The lowest BCUT2D eigenvalue weighted by molar-refractivity contribution is -0.143. The van der Waals surface area contributed by atoms with Gasteiger partial charge in [0.2, 0.25) is 0 Å². The van der Waals surface area contributed by atoms with Gasteiger partial charge in [0.05, 0.1) is 17.9 Å². The van der Waals surface area contributed by atoms with Crippen LogP contribution in [0.15, 0.2) is 41.2 Å². The number of esters is 1. The predicted octanol–water partition coefficient (Wildman–Crippen LogP) is 2.81. The number of benzene rings is 2. The largest absolute Gasteiger partial charge is 0.465 e. The first-order valence-electron chi connectivity index (χ1n) is 10.6. The molecular formula is C24H21F2N5O4. The Morgan fingerprint density at radius 2 is 1.80 bits per heavy atom. The highest BCUT2D eigenvalue weighted by atomic mass is 19.1. The van der Waals surface area contributed by atoms with E-state index in [0.29, 0.717) is 11.8 Å². The first-order valence-corrected chi connectivity index (χ1v) is 10.6. The first-order chi connectivity index (χ1) is 16.6. The average molecular weight is 481 g/mol. The molecule has 35 heavy (non-hydrogen) atoms. The molecule has 0 atom stereocenters. The molecule has 11 heteroatoms. The minimum Gasteiger partial charge on any atom is -0.465 e. The summed E-state index contributed by atoms with van der Waals surface area (Å²) in [5.41, 5.74) is 6.30. The third-order valence-electron chi connectivity index (χ3n) is 5.52. The maximum atomic E-state index is 14.6. The molecule has 0 aliphatic carbocycles. The molecule has 2 aromatic heterocycles. The van der Waals surface area contributed by atoms with Gasteiger partial charge in [-0.15, -0.1) is 0 Å². The number of halogens is 2. The second-order valence-corrected chi connectivity index (χ2v) is 7.83. The lowest BCUT2D eigenvalue weighted by Gasteiger charge is -2.09. The molecule has 2 aromatic carbocycles. The number of carbonyl (C=O) groups is 2. The standard InChI is InChI=1S/C24H21F2N5O4/c1-4-35-18(32)11-30-20-19(21(27)33)28-22(16-8-6-14(25)10-17(16)26)29-23(20)31(24(30)34)15-7-5-12(2)13(3)9-15/h5-10H,4,11H2,1-3H3,(H2,27,33). The van der Waals surface area contributed by atoms with Crippen molar-refractivity contribution in [1.29, 1.82) is 0 Å². The summed E-state index contributed by atoms with van der Waals surface area (Å²) in [5.74, 6) is -3.82. The topological polar surface area (TPSA) is 122 Å². The van der Waals surface area contributed by atoms with Crippen LogP contribution < -0.4 is 11.4 Å². The molecule has 4 rings (SSSR count). The Kier molecular flexibility index (Phi) is 6.16. The van der Waals surface area contributed by atoms with Gasteiger partial charge in [-0.2, -0.15) is 0 Å². The van der Waals surface area contributed by atoms with Gasteiger partial charge in [-0.25, -0.2) is 28.1 Å². The fourth-order valence-electron chi connectivity index (χ4n) is 3.70. The van der Waals surface area contributed by atoms with Gasteiger partial charge in [-0.1, -0.05) is 6.07 Å². The quantitative estimate of drug-likeness (QED) is 0.423. The van der Waals surface area contributed by atoms with Gasteiger partial charge in [0.1, 0.15) is 23.7 Å². The molecule has 0 bridgehead atoms. The fraction of sp³-hybridized carbons (Fsp3) is 0.208. The number of hydrogen-bond acceptors (Lipinski definition) is 6. The van der Waals surface area contributed by atoms with Gasteiger partial charge in [0.25, 0.3) is 5.91 Å². The third kappa shape index (κ3) is 4.27. The highest BCUT2D eigenvalue weighted by molar-refractivity contribution is 6.02. The molecule has 0 saturated carbocycles. The number of carbonyl (C=O) groups excluding carboxylic acids is 2. The van der Waals surface area contributed by atoms with Crippen molar-refractivity contribution in [2.24, 2.45) is 5.73 Å². The third-order valence-corrected chi connectivity index (χ3v) is 5.52. The lowest BCUT2D eigenvalue weighted by atomic mass is 10.1. The van der Waals surface area contributed by atoms with E-state index in [2.05, 4.69) is 9.97 Å². The molecule has 2 heterocycles. The second kappa shape index (κ2) is 9.09. The summed E-state index contributed by atoms with van der Waals surface area (Å²) in [6.07, 6.45) is 0. The number of imidazole rings is 1. The highest BCUT2D eigenvalue weighted by Gasteiger charge is 2.26. The van der Waals surface area contributed by atoms with Gasteiger partial charge in [0.15, 0.2) is 17.2 Å². The summed E-state index contributed by atoms with van der Waals surface area (Å²) >= 11 is 0. The number of rotatable bonds is 6. The van der Waals surface area contributed by atoms with Crippen molar-refractivity contribution >= 4 is 23.0 Å². The van der Waals surface area contributed by atoms with Gasteiger partial charge >= 0.3 is 11.7 Å². The summed E-state index contributed by atoms with van der Waals surface area (Å²) in [6, 6.07) is 7.97. The van der Waals surface area contributed by atoms with E-state index >= 15 is 0 Å². The number of amides is 1. The number of nitrogens with zero attached hydrogens (tertiary/aromatic N) is 4. The molecule has 180 valence electrons. The van der Waals surface area contributed by atoms with Crippen molar-refractivity contribution < 1.29 is 23.1 Å². The number of ether oxygens (including phenoxy) is 1. The van der Waals surface area contributed by atoms with Crippen molar-refractivity contribution in [2.45, 2.75) is 27.3 Å². The van der Waals surface area contributed by atoms with Gasteiger partial charge in [0, 0.05) is 6.07 Å². The first kappa shape index (κ1) is 23.7. The summed E-state index contributed by atoms with van der Waals surface area (Å²) in [6.45, 7) is 4.91. The van der Waals surface area contributed by atoms with E-state index < -0.39 is 41.4 Å². The Morgan fingerprint density at radius 3 is 2.43 bits per heavy atom. The number of aromatic nitrogens is 4. The van der Waals surface area contributed by atoms with E-state index in [4.69, 9.17) is 10.5 Å². The van der Waals surface area contributed by atoms with E-state index in [-0.39, 0.29) is 29.2 Å². The zero-order chi connectivity index (χ0) is 25.4. The Balaban J connectivity index is 2.12. The van der Waals surface area contributed by atoms with Crippen LogP contribution in [0.2, 0.25) is 0 Å². The van der Waals surface area contributed by atoms with Crippen molar-refractivity contribution in [3.8, 4) is 17.1 Å². The molecule has 0 aliphatic rings. The number of fused-ring (bicyclic) bond motifs is 1. The van der Waals surface area contributed by atoms with Crippen LogP contribution in [0.25, 0.3) is 28.2 Å². The molecular weight excluding hydrogens is 460 g/mol. The van der Waals surface area contributed by atoms with E-state index in [9.17, 15) is 23.2 Å². The summed E-state index contributed by atoms with van der Waals surface area (Å²) < 4.78 is 35.2. The summed E-state index contributed by atoms with van der Waals surface area (Å²) in [4.78, 5) is 46.6. The summed E-state index contributed by atoms with van der Waals surface area (Å²) in [7, 11) is 0. The van der Waals surface area contributed by atoms with Crippen LogP contribution in [-0.4, -0.2) is 37.6 Å². The Hall–Kier alpha value is -4.41. The van der Waals surface area contributed by atoms with Crippen molar-refractivity contribution in [3.63, 3.8) is 0 Å². The van der Waals surface area contributed by atoms with Gasteiger partial charge in [-0.05, 0) is 56.2 Å². The van der Waals surface area contributed by atoms with Crippen LogP contribution in [-0.2, 0) is 16.1 Å². The monoisotopic (exact) mass is 481 g/mol. The molecule has 9 nitrogen and oxygen atoms in total. The van der Waals surface area contributed by atoms with Gasteiger partial charge < -0.3 is 10.5 Å². The van der Waals surface area contributed by atoms with Crippen LogP contribution in [0.5, 0.6) is 0 Å². The number of aryl methyl sites for hydroxylation is 2. The lowest BCUT2D eigenvalue weighted by Crippen LogP contribution is -2.28. The summed E-state index contributed by atoms with van der Waals surface area (Å²) in [5, 5.41) is 0. The Bertz CT molecular complexity index is 1560. The molecule has 0 aliphatic heterocycles. The zero-order valence-electron chi connectivity index (χ0n) is 19.1. The predicted molar refractivity (Wildman–Crippen MR) is 123 cm³/mol. The zero-order valence-corrected chi connectivity index (χ0v) is 19.1. The van der Waals surface area contributed by atoms with Crippen LogP contribution in [0.1, 0.15) is 28.5 Å². The molecule has 2 N–H and O–H groups in total. The van der Waals surface area contributed by atoms with E-state index in [0.717, 1.165) is 27.8 Å². The van der Waals surface area contributed by atoms with Crippen molar-refractivity contribution in [3.05, 3.63) is 75.3 Å². The van der Waals surface area contributed by atoms with E-state index in [1.165, 1.54) is 4.57 Å². The number of nitrogens with two attached hydrogens (primary N) is 1. The molecule has 0 unspecified atom stereocenters. The second-order valence-electron chi connectivity index (χ2n) is 7.83. The normalized spacial score (nSPS) is 11.1. The maximum Gasteiger partial charge on any atom is 0.335 e. The SMILES string of the molecule is CCOC(=O)Cn1c(=O)n(-c2ccc(C)c(C)c2)c2nc(-c3ccc(F)cc3F)nc(C(N)=O)c21. The van der Waals surface area contributed by atoms with E-state index in [1.54, 1.807) is 25.1 Å². The molecule has 0 radical (unpaired) electrons.